The molecule has 0 atom stereocenters. The molecule has 0 aliphatic carbocycles. The van der Waals surface area contributed by atoms with Crippen LogP contribution < -0.4 is 9.47 Å². The number of rotatable bonds is 7. The van der Waals surface area contributed by atoms with Gasteiger partial charge in [0, 0.05) is 11.8 Å². The third-order valence-corrected chi connectivity index (χ3v) is 3.63. The average molecular weight is 346 g/mol. The fraction of sp³-hybridized carbons (Fsp3) is 0.211. The molecule has 4 nitrogen and oxygen atoms in total. The van der Waals surface area contributed by atoms with Gasteiger partial charge < -0.3 is 14.6 Å². The molecule has 0 aromatic heterocycles. The van der Waals surface area contributed by atoms with Crippen LogP contribution in [0.1, 0.15) is 18.1 Å². The topological polar surface area (TPSA) is 51.0 Å². The average Bonchev–Trinajstić information content (AvgIpc) is 2.57. The van der Waals surface area contributed by atoms with E-state index in [4.69, 9.17) is 21.1 Å². The largest absolute Gasteiger partial charge is 0.504 e. The normalized spacial score (nSPS) is 10.8. The quantitative estimate of drug-likeness (QED) is 0.571. The van der Waals surface area contributed by atoms with Gasteiger partial charge in [-0.05, 0) is 49.2 Å². The standard InChI is InChI=1S/C19H20ClNO3/c1-4-6-14-9-13(10-18(19(14)22)24-5-2)12-21-15-7-8-17(23-3)16(20)11-15/h4,7-12,22H,1,5-6H2,2-3H3. The summed E-state index contributed by atoms with van der Waals surface area (Å²) in [5.41, 5.74) is 2.27. The van der Waals surface area contributed by atoms with Crippen molar-refractivity contribution in [1.29, 1.82) is 0 Å². The number of aliphatic imine (C=N–C) groups is 1. The van der Waals surface area contributed by atoms with E-state index in [9.17, 15) is 5.11 Å². The van der Waals surface area contributed by atoms with Crippen LogP contribution in [0.25, 0.3) is 0 Å². The molecular formula is C19H20ClNO3. The highest BCUT2D eigenvalue weighted by atomic mass is 35.5. The number of hydrogen-bond acceptors (Lipinski definition) is 4. The third-order valence-electron chi connectivity index (χ3n) is 3.34. The van der Waals surface area contributed by atoms with E-state index >= 15 is 0 Å². The maximum atomic E-state index is 10.2. The van der Waals surface area contributed by atoms with Gasteiger partial charge >= 0.3 is 0 Å². The van der Waals surface area contributed by atoms with E-state index in [1.165, 1.54) is 0 Å². The van der Waals surface area contributed by atoms with E-state index < -0.39 is 0 Å². The predicted octanol–water partition coefficient (Wildman–Crippen LogP) is 4.93. The Labute approximate surface area is 147 Å². The summed E-state index contributed by atoms with van der Waals surface area (Å²) in [7, 11) is 1.57. The number of halogens is 1. The molecule has 1 N–H and O–H groups in total. The number of methoxy groups -OCH3 is 1. The minimum atomic E-state index is 0.140. The van der Waals surface area contributed by atoms with Crippen LogP contribution in [0.4, 0.5) is 5.69 Å². The van der Waals surface area contributed by atoms with Gasteiger partial charge in [0.05, 0.1) is 24.4 Å². The summed E-state index contributed by atoms with van der Waals surface area (Å²) in [4.78, 5) is 4.42. The SMILES string of the molecule is C=CCc1cc(C=Nc2ccc(OC)c(Cl)c2)cc(OCC)c1O. The molecule has 0 saturated carbocycles. The first kappa shape index (κ1) is 17.9. The van der Waals surface area contributed by atoms with Crippen LogP contribution in [-0.2, 0) is 6.42 Å². The van der Waals surface area contributed by atoms with Gasteiger partial charge in [-0.1, -0.05) is 17.7 Å². The minimum Gasteiger partial charge on any atom is -0.504 e. The van der Waals surface area contributed by atoms with E-state index in [-0.39, 0.29) is 5.75 Å². The Balaban J connectivity index is 2.33. The predicted molar refractivity (Wildman–Crippen MR) is 98.4 cm³/mol. The van der Waals surface area contributed by atoms with Crippen molar-refractivity contribution >= 4 is 23.5 Å². The Kier molecular flexibility index (Phi) is 6.27. The monoisotopic (exact) mass is 345 g/mol. The second-order valence-electron chi connectivity index (χ2n) is 5.03. The van der Waals surface area contributed by atoms with Gasteiger partial charge in [0.1, 0.15) is 5.75 Å². The van der Waals surface area contributed by atoms with Crippen LogP contribution in [-0.4, -0.2) is 25.0 Å². The highest BCUT2D eigenvalue weighted by Gasteiger charge is 2.09. The molecule has 5 heteroatoms. The fourth-order valence-electron chi connectivity index (χ4n) is 2.23. The number of nitrogens with zero attached hydrogens (tertiary/aromatic N) is 1. The highest BCUT2D eigenvalue weighted by molar-refractivity contribution is 6.32. The minimum absolute atomic E-state index is 0.140. The lowest BCUT2D eigenvalue weighted by Gasteiger charge is -2.11. The molecule has 2 rings (SSSR count). The second-order valence-corrected chi connectivity index (χ2v) is 5.44. The lowest BCUT2D eigenvalue weighted by molar-refractivity contribution is 0.317. The summed E-state index contributed by atoms with van der Waals surface area (Å²) in [6.45, 7) is 6.05. The lowest BCUT2D eigenvalue weighted by atomic mass is 10.1. The molecular weight excluding hydrogens is 326 g/mol. The molecule has 2 aromatic carbocycles. The van der Waals surface area contributed by atoms with Crippen LogP contribution in [0.2, 0.25) is 5.02 Å². The number of ether oxygens (including phenoxy) is 2. The Bertz CT molecular complexity index is 757. The number of allylic oxidation sites excluding steroid dienone is 1. The maximum absolute atomic E-state index is 10.2. The van der Waals surface area contributed by atoms with Crippen molar-refractivity contribution in [1.82, 2.24) is 0 Å². The summed E-state index contributed by atoms with van der Waals surface area (Å²) >= 11 is 6.10. The Morgan fingerprint density at radius 2 is 2.04 bits per heavy atom. The van der Waals surface area contributed by atoms with Crippen molar-refractivity contribution in [2.24, 2.45) is 4.99 Å². The molecule has 0 radical (unpaired) electrons. The first-order valence-corrected chi connectivity index (χ1v) is 7.94. The summed E-state index contributed by atoms with van der Waals surface area (Å²) in [6.07, 6.45) is 3.98. The first-order chi connectivity index (χ1) is 11.6. The zero-order valence-corrected chi connectivity index (χ0v) is 14.5. The van der Waals surface area contributed by atoms with Gasteiger partial charge in [-0.15, -0.1) is 6.58 Å². The van der Waals surface area contributed by atoms with Crippen molar-refractivity contribution in [3.05, 3.63) is 59.1 Å². The second kappa shape index (κ2) is 8.41. The van der Waals surface area contributed by atoms with E-state index in [1.54, 1.807) is 37.6 Å². The molecule has 24 heavy (non-hydrogen) atoms. The number of aromatic hydroxyl groups is 1. The number of phenols is 1. The first-order valence-electron chi connectivity index (χ1n) is 7.56. The molecule has 0 bridgehead atoms. The van der Waals surface area contributed by atoms with Gasteiger partial charge in [-0.25, -0.2) is 0 Å². The van der Waals surface area contributed by atoms with Crippen molar-refractivity contribution < 1.29 is 14.6 Å². The number of benzene rings is 2. The van der Waals surface area contributed by atoms with E-state index in [2.05, 4.69) is 11.6 Å². The molecule has 0 spiro atoms. The fourth-order valence-corrected chi connectivity index (χ4v) is 2.48. The van der Waals surface area contributed by atoms with Gasteiger partial charge in [0.15, 0.2) is 11.5 Å². The number of hydrogen-bond donors (Lipinski definition) is 1. The molecule has 0 heterocycles. The van der Waals surface area contributed by atoms with Crippen molar-refractivity contribution in [3.8, 4) is 17.2 Å². The molecule has 0 unspecified atom stereocenters. The zero-order valence-electron chi connectivity index (χ0n) is 13.8. The maximum Gasteiger partial charge on any atom is 0.161 e. The smallest absolute Gasteiger partial charge is 0.161 e. The van der Waals surface area contributed by atoms with E-state index in [0.717, 1.165) is 11.1 Å². The van der Waals surface area contributed by atoms with Crippen LogP contribution in [0.5, 0.6) is 17.2 Å². The Morgan fingerprint density at radius 1 is 1.25 bits per heavy atom. The molecule has 0 fully saturated rings. The summed E-state index contributed by atoms with van der Waals surface area (Å²) < 4.78 is 10.6. The lowest BCUT2D eigenvalue weighted by Crippen LogP contribution is -1.96. The molecule has 126 valence electrons. The van der Waals surface area contributed by atoms with Crippen LogP contribution in [0.3, 0.4) is 0 Å². The van der Waals surface area contributed by atoms with Gasteiger partial charge in [0.25, 0.3) is 0 Å². The summed E-state index contributed by atoms with van der Waals surface area (Å²) in [5.74, 6) is 1.18. The molecule has 0 saturated heterocycles. The molecule has 2 aromatic rings. The van der Waals surface area contributed by atoms with Crippen molar-refractivity contribution in [2.75, 3.05) is 13.7 Å². The molecule has 0 amide bonds. The highest BCUT2D eigenvalue weighted by Crippen LogP contribution is 2.32. The number of phenolic OH excluding ortho intramolecular Hbond substituents is 1. The van der Waals surface area contributed by atoms with Crippen LogP contribution >= 0.6 is 11.6 Å². The Hall–Kier alpha value is -2.46. The van der Waals surface area contributed by atoms with Gasteiger partial charge in [-0.3, -0.25) is 4.99 Å². The van der Waals surface area contributed by atoms with E-state index in [1.807, 2.05) is 19.1 Å². The summed E-state index contributed by atoms with van der Waals surface area (Å²) in [5, 5.41) is 10.7. The van der Waals surface area contributed by atoms with Gasteiger partial charge in [0.2, 0.25) is 0 Å². The van der Waals surface area contributed by atoms with Crippen LogP contribution in [0.15, 0.2) is 48.0 Å². The molecule has 0 aliphatic heterocycles. The Morgan fingerprint density at radius 3 is 2.67 bits per heavy atom. The molecule has 0 aliphatic rings. The zero-order chi connectivity index (χ0) is 17.5. The van der Waals surface area contributed by atoms with Crippen molar-refractivity contribution in [3.63, 3.8) is 0 Å². The third kappa shape index (κ3) is 4.30. The van der Waals surface area contributed by atoms with Gasteiger partial charge in [-0.2, -0.15) is 0 Å². The summed E-state index contributed by atoms with van der Waals surface area (Å²) in [6, 6.07) is 8.91. The van der Waals surface area contributed by atoms with Crippen molar-refractivity contribution in [2.45, 2.75) is 13.3 Å². The van der Waals surface area contributed by atoms with E-state index in [0.29, 0.717) is 35.2 Å². The van der Waals surface area contributed by atoms with Crippen LogP contribution in [0, 0.1) is 0 Å².